The van der Waals surface area contributed by atoms with Gasteiger partial charge in [-0.1, -0.05) is 71.9 Å². The monoisotopic (exact) mass is 717 g/mol. The Kier molecular flexibility index (Phi) is 9.12. The number of fused-ring (bicyclic) bond motifs is 2. The first-order chi connectivity index (χ1) is 23.3. The maximum Gasteiger partial charge on any atom is 0.280 e. The fourth-order valence-corrected chi connectivity index (χ4v) is 8.00. The summed E-state index contributed by atoms with van der Waals surface area (Å²) in [6, 6.07) is 12.1. The molecule has 4 N–H and O–H groups in total. The van der Waals surface area contributed by atoms with E-state index in [4.69, 9.17) is 29.3 Å². The lowest BCUT2D eigenvalue weighted by Gasteiger charge is -2.40. The second-order valence-electron chi connectivity index (χ2n) is 16.3. The first kappa shape index (κ1) is 35.9. The van der Waals surface area contributed by atoms with E-state index >= 15 is 0 Å². The van der Waals surface area contributed by atoms with Crippen molar-refractivity contribution in [1.82, 2.24) is 34.1 Å². The van der Waals surface area contributed by atoms with Crippen molar-refractivity contribution in [2.45, 2.75) is 103 Å². The van der Waals surface area contributed by atoms with Crippen LogP contribution < -0.4 is 16.6 Å². The van der Waals surface area contributed by atoms with E-state index in [1.807, 2.05) is 48.1 Å². The topological polar surface area (TPSA) is 160 Å². The molecular formula is C35H51N9O4Si2. The molecule has 0 bridgehead atoms. The fourth-order valence-electron chi connectivity index (χ4n) is 5.62. The standard InChI is InChI=1S/C35H51N9O4Si2/c1-34(2,3)49(8,9)46-20-25-24(48-50(10,11)35(4,5)6)18-26(47-25)44-29-27(30(45)41-31(36)40-29)38-33(44)42-32-39-28-23(43(32)7)17-22(19-37-28)21-15-13-12-14-16-21/h12-17,19,24-26H,18,20H2,1-11H3,(H3,36,40,41,45)(H,37,38,39,42)/t24-,25+,26+/m0/s1. The average Bonchev–Trinajstić information content (AvgIpc) is 3.68. The number of nitrogen functional groups attached to an aromatic ring is 1. The van der Waals surface area contributed by atoms with Gasteiger partial charge in [-0.2, -0.15) is 9.97 Å². The van der Waals surface area contributed by atoms with Gasteiger partial charge in [-0.15, -0.1) is 0 Å². The van der Waals surface area contributed by atoms with Crippen LogP contribution in [0.2, 0.25) is 36.3 Å². The van der Waals surface area contributed by atoms with Gasteiger partial charge >= 0.3 is 0 Å². The van der Waals surface area contributed by atoms with Gasteiger partial charge in [-0.25, -0.2) is 9.97 Å². The number of pyridine rings is 1. The van der Waals surface area contributed by atoms with E-state index < -0.39 is 28.4 Å². The van der Waals surface area contributed by atoms with Crippen molar-refractivity contribution >= 4 is 56.8 Å². The Morgan fingerprint density at radius 3 is 2.32 bits per heavy atom. The van der Waals surface area contributed by atoms with Crippen molar-refractivity contribution in [2.24, 2.45) is 7.05 Å². The van der Waals surface area contributed by atoms with Crippen molar-refractivity contribution in [3.8, 4) is 11.1 Å². The largest absolute Gasteiger partial charge is 0.414 e. The molecule has 0 unspecified atom stereocenters. The van der Waals surface area contributed by atoms with Crippen LogP contribution in [0.15, 0.2) is 47.4 Å². The normalized spacial score (nSPS) is 19.1. The average molecular weight is 718 g/mol. The van der Waals surface area contributed by atoms with Crippen molar-refractivity contribution in [2.75, 3.05) is 17.7 Å². The molecule has 0 saturated carbocycles. The Morgan fingerprint density at radius 1 is 0.980 bits per heavy atom. The third-order valence-corrected chi connectivity index (χ3v) is 19.8. The van der Waals surface area contributed by atoms with Crippen molar-refractivity contribution in [3.05, 3.63) is 52.9 Å². The highest BCUT2D eigenvalue weighted by Gasteiger charge is 2.47. The number of rotatable bonds is 9. The van der Waals surface area contributed by atoms with E-state index in [-0.39, 0.29) is 33.7 Å². The van der Waals surface area contributed by atoms with E-state index in [0.29, 0.717) is 36.2 Å². The van der Waals surface area contributed by atoms with Gasteiger partial charge in [0, 0.05) is 25.2 Å². The van der Waals surface area contributed by atoms with Gasteiger partial charge in [-0.3, -0.25) is 19.7 Å². The summed E-state index contributed by atoms with van der Waals surface area (Å²) in [6.07, 6.45) is 1.11. The van der Waals surface area contributed by atoms with Gasteiger partial charge < -0.3 is 23.9 Å². The number of H-pyrrole nitrogens is 1. The second-order valence-corrected chi connectivity index (χ2v) is 25.9. The van der Waals surface area contributed by atoms with Crippen LogP contribution in [0.5, 0.6) is 0 Å². The van der Waals surface area contributed by atoms with Crippen LogP contribution in [0.4, 0.5) is 17.8 Å². The number of nitrogens with one attached hydrogen (secondary N) is 2. The zero-order chi connectivity index (χ0) is 36.4. The third-order valence-electron chi connectivity index (χ3n) is 10.8. The number of nitrogens with two attached hydrogens (primary N) is 1. The van der Waals surface area contributed by atoms with Crippen molar-refractivity contribution in [1.29, 1.82) is 0 Å². The minimum atomic E-state index is -2.22. The molecule has 1 aliphatic rings. The SMILES string of the molecule is Cn1c(Nc2nc3c(=O)[nH]c(N)nc3n2[C@H]2C[C@H](O[Si](C)(C)C(C)(C)C)[C@@H](CO[Si](C)(C)C(C)(C)C)O2)nc2ncc(-c3ccccc3)cc21. The number of hydrogen-bond donors (Lipinski definition) is 3. The molecule has 4 aromatic heterocycles. The molecule has 268 valence electrons. The van der Waals surface area contributed by atoms with Gasteiger partial charge in [0.2, 0.25) is 17.8 Å². The Morgan fingerprint density at radius 2 is 1.66 bits per heavy atom. The fraction of sp³-hybridized carbons (Fsp3) is 0.514. The van der Waals surface area contributed by atoms with Crippen LogP contribution in [0, 0.1) is 0 Å². The molecule has 5 heterocycles. The number of aromatic amines is 1. The summed E-state index contributed by atoms with van der Waals surface area (Å²) in [5.74, 6) is 0.816. The molecule has 1 saturated heterocycles. The predicted octanol–water partition coefficient (Wildman–Crippen LogP) is 7.09. The van der Waals surface area contributed by atoms with Gasteiger partial charge in [0.05, 0.1) is 18.2 Å². The lowest BCUT2D eigenvalue weighted by atomic mass is 10.1. The second kappa shape index (κ2) is 12.7. The molecule has 0 radical (unpaired) electrons. The highest BCUT2D eigenvalue weighted by atomic mass is 28.4. The molecule has 50 heavy (non-hydrogen) atoms. The molecule has 0 amide bonds. The van der Waals surface area contributed by atoms with Gasteiger partial charge in [0.25, 0.3) is 5.56 Å². The van der Waals surface area contributed by atoms with Crippen LogP contribution >= 0.6 is 0 Å². The minimum Gasteiger partial charge on any atom is -0.414 e. The first-order valence-electron chi connectivity index (χ1n) is 17.2. The molecule has 1 aromatic carbocycles. The molecule has 0 aliphatic carbocycles. The minimum absolute atomic E-state index is 0.0116. The highest BCUT2D eigenvalue weighted by molar-refractivity contribution is 6.74. The van der Waals surface area contributed by atoms with Gasteiger partial charge in [-0.05, 0) is 47.9 Å². The smallest absolute Gasteiger partial charge is 0.280 e. The van der Waals surface area contributed by atoms with E-state index in [9.17, 15) is 4.79 Å². The molecule has 0 spiro atoms. The van der Waals surface area contributed by atoms with E-state index in [2.05, 4.69) is 94.1 Å². The van der Waals surface area contributed by atoms with Crippen LogP contribution in [0.25, 0.3) is 33.5 Å². The number of benzene rings is 1. The molecule has 3 atom stereocenters. The van der Waals surface area contributed by atoms with E-state index in [1.165, 1.54) is 0 Å². The van der Waals surface area contributed by atoms with Gasteiger partial charge in [0.15, 0.2) is 33.4 Å². The third kappa shape index (κ3) is 6.76. The molecule has 1 fully saturated rings. The Balaban J connectivity index is 1.40. The summed E-state index contributed by atoms with van der Waals surface area (Å²) in [5, 5.41) is 3.39. The van der Waals surface area contributed by atoms with Crippen LogP contribution in [0.1, 0.15) is 54.2 Å². The number of nitrogens with zero attached hydrogens (tertiary/aromatic N) is 6. The summed E-state index contributed by atoms with van der Waals surface area (Å²) >= 11 is 0. The summed E-state index contributed by atoms with van der Waals surface area (Å²) < 4.78 is 24.3. The number of anilines is 3. The van der Waals surface area contributed by atoms with E-state index in [1.54, 1.807) is 4.57 Å². The zero-order valence-corrected chi connectivity index (χ0v) is 33.1. The summed E-state index contributed by atoms with van der Waals surface area (Å²) in [5.41, 5.74) is 9.52. The number of aromatic nitrogens is 7. The van der Waals surface area contributed by atoms with Crippen molar-refractivity contribution in [3.63, 3.8) is 0 Å². The number of hydrogen-bond acceptors (Lipinski definition) is 10. The lowest BCUT2D eigenvalue weighted by Crippen LogP contribution is -2.48. The van der Waals surface area contributed by atoms with Crippen LogP contribution in [-0.4, -0.2) is 69.5 Å². The number of ether oxygens (including phenoxy) is 1. The van der Waals surface area contributed by atoms with Crippen molar-refractivity contribution < 1.29 is 13.6 Å². The van der Waals surface area contributed by atoms with Gasteiger partial charge in [0.1, 0.15) is 12.3 Å². The zero-order valence-electron chi connectivity index (χ0n) is 31.1. The highest BCUT2D eigenvalue weighted by Crippen LogP contribution is 2.43. The predicted molar refractivity (Wildman–Crippen MR) is 204 cm³/mol. The maximum absolute atomic E-state index is 13.2. The molecule has 13 nitrogen and oxygen atoms in total. The van der Waals surface area contributed by atoms with Crippen LogP contribution in [0.3, 0.4) is 0 Å². The molecule has 1 aliphatic heterocycles. The Labute approximate surface area is 295 Å². The van der Waals surface area contributed by atoms with Crippen LogP contribution in [-0.2, 0) is 20.6 Å². The number of aryl methyl sites for hydroxylation is 1. The molecular weight excluding hydrogens is 667 g/mol. The molecule has 6 rings (SSSR count). The Hall–Kier alpha value is -3.90. The quantitative estimate of drug-likeness (QED) is 0.134. The maximum atomic E-state index is 13.2. The first-order valence-corrected chi connectivity index (χ1v) is 23.0. The van der Waals surface area contributed by atoms with E-state index in [0.717, 1.165) is 16.6 Å². The summed E-state index contributed by atoms with van der Waals surface area (Å²) in [7, 11) is -2.41. The summed E-state index contributed by atoms with van der Waals surface area (Å²) in [4.78, 5) is 34.4. The Bertz CT molecular complexity index is 2080. The number of imidazole rings is 2. The molecule has 15 heteroatoms. The summed E-state index contributed by atoms with van der Waals surface area (Å²) in [6.45, 7) is 22.7. The lowest BCUT2D eigenvalue weighted by molar-refractivity contribution is -0.0376. The molecule has 5 aromatic rings.